The Morgan fingerprint density at radius 2 is 1.90 bits per heavy atom. The second-order valence-electron chi connectivity index (χ2n) is 7.52. The molecule has 1 aromatic carbocycles. The Hall–Kier alpha value is -3.08. The van der Waals surface area contributed by atoms with Crippen LogP contribution in [0.1, 0.15) is 12.8 Å². The van der Waals surface area contributed by atoms with Gasteiger partial charge in [0.2, 0.25) is 17.7 Å². The van der Waals surface area contributed by atoms with Crippen LogP contribution in [-0.4, -0.2) is 70.9 Å². The van der Waals surface area contributed by atoms with Gasteiger partial charge in [0.1, 0.15) is 0 Å². The minimum Gasteiger partial charge on any atom is -0.416 e. The van der Waals surface area contributed by atoms with Crippen molar-refractivity contribution in [2.24, 2.45) is 5.92 Å². The van der Waals surface area contributed by atoms with Crippen LogP contribution in [0.5, 0.6) is 0 Å². The van der Waals surface area contributed by atoms with Crippen molar-refractivity contribution in [2.45, 2.75) is 24.6 Å². The second kappa shape index (κ2) is 9.38. The molecule has 2 N–H and O–H groups in total. The topological polar surface area (TPSA) is 121 Å². The van der Waals surface area contributed by atoms with Crippen LogP contribution in [0.15, 0.2) is 40.0 Å². The van der Waals surface area contributed by atoms with E-state index in [1.807, 2.05) is 23.1 Å². The van der Waals surface area contributed by atoms with Gasteiger partial charge in [0.15, 0.2) is 0 Å². The van der Waals surface area contributed by atoms with E-state index in [0.29, 0.717) is 24.2 Å². The highest BCUT2D eigenvalue weighted by Gasteiger charge is 2.34. The molecule has 2 aliphatic rings. The van der Waals surface area contributed by atoms with Crippen LogP contribution in [0.4, 0.5) is 10.5 Å². The number of para-hydroxylation sites is 1. The summed E-state index contributed by atoms with van der Waals surface area (Å²) >= 11 is 1.19. The molecule has 11 heteroatoms. The highest BCUT2D eigenvalue weighted by molar-refractivity contribution is 7.99. The molecule has 0 spiro atoms. The molecule has 4 amide bonds. The third-order valence-electron chi connectivity index (χ3n) is 5.45. The summed E-state index contributed by atoms with van der Waals surface area (Å²) in [7, 11) is 0. The van der Waals surface area contributed by atoms with E-state index in [1.54, 1.807) is 6.92 Å². The van der Waals surface area contributed by atoms with Gasteiger partial charge in [-0.05, 0) is 19.1 Å². The molecular weight excluding hydrogens is 420 g/mol. The molecule has 0 radical (unpaired) electrons. The quantitative estimate of drug-likeness (QED) is 0.631. The first-order valence-electron chi connectivity index (χ1n) is 10.1. The molecule has 2 fully saturated rings. The fourth-order valence-corrected chi connectivity index (χ4v) is 4.36. The van der Waals surface area contributed by atoms with E-state index >= 15 is 0 Å². The van der Waals surface area contributed by atoms with E-state index in [4.69, 9.17) is 4.42 Å². The maximum Gasteiger partial charge on any atom is 0.321 e. The summed E-state index contributed by atoms with van der Waals surface area (Å²) in [5.41, 5.74) is 1.17. The van der Waals surface area contributed by atoms with Crippen LogP contribution in [0.2, 0.25) is 0 Å². The monoisotopic (exact) mass is 444 g/mol. The van der Waals surface area contributed by atoms with Gasteiger partial charge in [-0.15, -0.1) is 10.2 Å². The van der Waals surface area contributed by atoms with E-state index in [9.17, 15) is 14.4 Å². The molecule has 2 saturated heterocycles. The Morgan fingerprint density at radius 3 is 2.61 bits per heavy atom. The van der Waals surface area contributed by atoms with Crippen LogP contribution < -0.4 is 15.5 Å². The number of carbonyl (C=O) groups excluding carboxylic acids is 3. The smallest absolute Gasteiger partial charge is 0.321 e. The number of nitrogens with one attached hydrogen (secondary N) is 2. The first kappa shape index (κ1) is 21.2. The van der Waals surface area contributed by atoms with Gasteiger partial charge in [0.25, 0.3) is 5.22 Å². The highest BCUT2D eigenvalue weighted by atomic mass is 32.2. The number of nitrogens with zero attached hydrogens (tertiary/aromatic N) is 4. The van der Waals surface area contributed by atoms with Crippen molar-refractivity contribution in [1.82, 2.24) is 25.7 Å². The summed E-state index contributed by atoms with van der Waals surface area (Å²) < 4.78 is 5.59. The minimum atomic E-state index is -0.501. The van der Waals surface area contributed by atoms with E-state index in [2.05, 4.69) is 37.9 Å². The van der Waals surface area contributed by atoms with Crippen molar-refractivity contribution < 1.29 is 18.8 Å². The molecule has 2 aliphatic heterocycles. The van der Waals surface area contributed by atoms with Crippen molar-refractivity contribution in [2.75, 3.05) is 36.8 Å². The van der Waals surface area contributed by atoms with Crippen LogP contribution in [0, 0.1) is 5.92 Å². The Kier molecular flexibility index (Phi) is 6.40. The lowest BCUT2D eigenvalue weighted by Crippen LogP contribution is -2.57. The normalized spacial score (nSPS) is 21.6. The molecule has 2 aromatic rings. The lowest BCUT2D eigenvalue weighted by molar-refractivity contribution is -0.128. The van der Waals surface area contributed by atoms with Gasteiger partial charge in [0.05, 0.1) is 11.7 Å². The third-order valence-corrected chi connectivity index (χ3v) is 6.25. The van der Waals surface area contributed by atoms with Crippen molar-refractivity contribution in [3.8, 4) is 0 Å². The maximum atomic E-state index is 12.6. The first-order valence-corrected chi connectivity index (χ1v) is 11.1. The molecule has 2 unspecified atom stereocenters. The number of hydrogen-bond acceptors (Lipinski definition) is 8. The molecule has 0 bridgehead atoms. The molecule has 0 saturated carbocycles. The fourth-order valence-electron chi connectivity index (χ4n) is 3.68. The first-order chi connectivity index (χ1) is 15.0. The number of rotatable bonds is 6. The lowest BCUT2D eigenvalue weighted by atomic mass is 9.95. The predicted octanol–water partition coefficient (Wildman–Crippen LogP) is 0.897. The standard InChI is InChI=1S/C20H24N6O4S/c1-13-15(18(28)22-19(29)21-13)11-16-23-24-20(30-16)31-12-17(27)26-9-7-25(8-10-26)14-5-3-2-4-6-14/h2-6,13,15H,7-12H2,1H3,(H2,21,22,28,29). The average molecular weight is 445 g/mol. The molecule has 31 heavy (non-hydrogen) atoms. The largest absolute Gasteiger partial charge is 0.416 e. The van der Waals surface area contributed by atoms with Crippen molar-refractivity contribution in [3.05, 3.63) is 36.2 Å². The van der Waals surface area contributed by atoms with E-state index in [-0.39, 0.29) is 30.0 Å². The predicted molar refractivity (Wildman–Crippen MR) is 114 cm³/mol. The van der Waals surface area contributed by atoms with Crippen LogP contribution in [0.25, 0.3) is 0 Å². The summed E-state index contributed by atoms with van der Waals surface area (Å²) in [6, 6.07) is 9.34. The molecule has 10 nitrogen and oxygen atoms in total. The second-order valence-corrected chi connectivity index (χ2v) is 8.44. The van der Waals surface area contributed by atoms with Gasteiger partial charge in [-0.1, -0.05) is 30.0 Å². The molecule has 0 aliphatic carbocycles. The number of aromatic nitrogens is 2. The minimum absolute atomic E-state index is 0.0282. The van der Waals surface area contributed by atoms with E-state index in [0.717, 1.165) is 13.1 Å². The molecule has 4 rings (SSSR count). The molecular formula is C20H24N6O4S. The van der Waals surface area contributed by atoms with Gasteiger partial charge in [0, 0.05) is 44.3 Å². The van der Waals surface area contributed by atoms with Gasteiger partial charge < -0.3 is 19.5 Å². The van der Waals surface area contributed by atoms with Crippen LogP contribution >= 0.6 is 11.8 Å². The average Bonchev–Trinajstić information content (AvgIpc) is 3.23. The summed E-state index contributed by atoms with van der Waals surface area (Å²) in [5, 5.41) is 13.1. The van der Waals surface area contributed by atoms with Gasteiger partial charge >= 0.3 is 6.03 Å². The summed E-state index contributed by atoms with van der Waals surface area (Å²) in [5.74, 6) is -0.314. The Bertz CT molecular complexity index is 944. The zero-order valence-electron chi connectivity index (χ0n) is 17.1. The van der Waals surface area contributed by atoms with Gasteiger partial charge in [-0.3, -0.25) is 14.9 Å². The Balaban J connectivity index is 1.24. The number of amides is 4. The summed E-state index contributed by atoms with van der Waals surface area (Å²) in [6.45, 7) is 4.68. The number of hydrogen-bond donors (Lipinski definition) is 2. The molecule has 2 atom stereocenters. The maximum absolute atomic E-state index is 12.6. The number of imide groups is 1. The SMILES string of the molecule is CC1NC(=O)NC(=O)C1Cc1nnc(SCC(=O)N2CCN(c3ccccc3)CC2)o1. The Morgan fingerprint density at radius 1 is 1.16 bits per heavy atom. The number of carbonyl (C=O) groups is 3. The fraction of sp³-hybridized carbons (Fsp3) is 0.450. The number of urea groups is 1. The van der Waals surface area contributed by atoms with Crippen LogP contribution in [0.3, 0.4) is 0 Å². The molecule has 1 aromatic heterocycles. The zero-order chi connectivity index (χ0) is 21.8. The third kappa shape index (κ3) is 5.16. The van der Waals surface area contributed by atoms with Crippen molar-refractivity contribution in [3.63, 3.8) is 0 Å². The zero-order valence-corrected chi connectivity index (χ0v) is 17.9. The van der Waals surface area contributed by atoms with Crippen LogP contribution in [-0.2, 0) is 16.0 Å². The highest BCUT2D eigenvalue weighted by Crippen LogP contribution is 2.21. The van der Waals surface area contributed by atoms with E-state index in [1.165, 1.54) is 17.4 Å². The summed E-state index contributed by atoms with van der Waals surface area (Å²) in [6.07, 6.45) is 0.218. The van der Waals surface area contributed by atoms with E-state index < -0.39 is 11.9 Å². The number of piperazine rings is 1. The Labute approximate surface area is 183 Å². The van der Waals surface area contributed by atoms with Gasteiger partial charge in [-0.2, -0.15) is 0 Å². The van der Waals surface area contributed by atoms with Crippen molar-refractivity contribution in [1.29, 1.82) is 0 Å². The molecule has 3 heterocycles. The number of anilines is 1. The lowest BCUT2D eigenvalue weighted by Gasteiger charge is -2.36. The number of benzene rings is 1. The van der Waals surface area contributed by atoms with Crippen molar-refractivity contribution >= 4 is 35.3 Å². The summed E-state index contributed by atoms with van der Waals surface area (Å²) in [4.78, 5) is 40.0. The number of thioether (sulfide) groups is 1. The molecule has 164 valence electrons. The van der Waals surface area contributed by atoms with Gasteiger partial charge in [-0.25, -0.2) is 4.79 Å².